The second-order valence-corrected chi connectivity index (χ2v) is 3.23. The first-order chi connectivity index (χ1) is 7.72. The summed E-state index contributed by atoms with van der Waals surface area (Å²) in [5, 5.41) is 11.3. The van der Waals surface area contributed by atoms with E-state index in [2.05, 4.69) is 23.2 Å². The summed E-state index contributed by atoms with van der Waals surface area (Å²) < 4.78 is 0. The fourth-order valence-corrected chi connectivity index (χ4v) is 1.13. The van der Waals surface area contributed by atoms with Crippen LogP contribution >= 0.6 is 0 Å². The summed E-state index contributed by atoms with van der Waals surface area (Å²) in [5.74, 6) is 5.83. The Kier molecular flexibility index (Phi) is 4.63. The summed E-state index contributed by atoms with van der Waals surface area (Å²) in [6.07, 6.45) is 0.608. The molecule has 16 heavy (non-hydrogen) atoms. The Labute approximate surface area is 95.1 Å². The molecule has 0 aliphatic heterocycles. The molecule has 3 heteroatoms. The summed E-state index contributed by atoms with van der Waals surface area (Å²) >= 11 is 0. The standard InChI is InChI=1S/C13H12N2O/c1-11(16)15-8-3-2-5-12-6-4-7-13(9-12)10-14/h4,6-7,9H,3,8H2,1H3,(H,15,16). The Bertz CT molecular complexity index is 475. The van der Waals surface area contributed by atoms with Gasteiger partial charge in [-0.2, -0.15) is 5.26 Å². The van der Waals surface area contributed by atoms with Gasteiger partial charge in [-0.15, -0.1) is 0 Å². The highest BCUT2D eigenvalue weighted by Gasteiger charge is 1.90. The van der Waals surface area contributed by atoms with Crippen LogP contribution in [0.4, 0.5) is 0 Å². The van der Waals surface area contributed by atoms with Crippen LogP contribution in [0.2, 0.25) is 0 Å². The van der Waals surface area contributed by atoms with Gasteiger partial charge in [0.05, 0.1) is 11.6 Å². The molecule has 0 saturated heterocycles. The lowest BCUT2D eigenvalue weighted by atomic mass is 10.1. The maximum absolute atomic E-state index is 10.6. The van der Waals surface area contributed by atoms with E-state index in [0.717, 1.165) is 5.56 Å². The van der Waals surface area contributed by atoms with Crippen LogP contribution in [-0.2, 0) is 4.79 Å². The summed E-state index contributed by atoms with van der Waals surface area (Å²) in [4.78, 5) is 10.6. The van der Waals surface area contributed by atoms with E-state index in [1.807, 2.05) is 6.07 Å². The monoisotopic (exact) mass is 212 g/mol. The van der Waals surface area contributed by atoms with E-state index >= 15 is 0 Å². The molecule has 0 heterocycles. The lowest BCUT2D eigenvalue weighted by Crippen LogP contribution is -2.20. The molecule has 0 radical (unpaired) electrons. The first kappa shape index (κ1) is 11.8. The Balaban J connectivity index is 2.50. The number of carbonyl (C=O) groups is 1. The minimum absolute atomic E-state index is 0.0479. The molecule has 0 aliphatic carbocycles. The molecule has 1 amide bonds. The molecular weight excluding hydrogens is 200 g/mol. The number of benzene rings is 1. The van der Waals surface area contributed by atoms with Crippen molar-refractivity contribution in [3.05, 3.63) is 35.4 Å². The van der Waals surface area contributed by atoms with Crippen molar-refractivity contribution < 1.29 is 4.79 Å². The van der Waals surface area contributed by atoms with Gasteiger partial charge >= 0.3 is 0 Å². The van der Waals surface area contributed by atoms with Crippen molar-refractivity contribution in [2.24, 2.45) is 0 Å². The Morgan fingerprint density at radius 1 is 1.44 bits per heavy atom. The predicted molar refractivity (Wildman–Crippen MR) is 61.3 cm³/mol. The second kappa shape index (κ2) is 6.27. The van der Waals surface area contributed by atoms with Gasteiger partial charge in [-0.1, -0.05) is 17.9 Å². The van der Waals surface area contributed by atoms with Crippen LogP contribution in [0, 0.1) is 23.2 Å². The predicted octanol–water partition coefficient (Wildman–Crippen LogP) is 1.44. The largest absolute Gasteiger partial charge is 0.355 e. The molecule has 1 N–H and O–H groups in total. The minimum atomic E-state index is -0.0479. The van der Waals surface area contributed by atoms with Crippen LogP contribution in [0.3, 0.4) is 0 Å². The third-order valence-corrected chi connectivity index (χ3v) is 1.85. The maximum atomic E-state index is 10.6. The number of amides is 1. The molecule has 0 spiro atoms. The fourth-order valence-electron chi connectivity index (χ4n) is 1.13. The molecule has 80 valence electrons. The van der Waals surface area contributed by atoms with Crippen LogP contribution in [0.25, 0.3) is 0 Å². The highest BCUT2D eigenvalue weighted by molar-refractivity contribution is 5.72. The second-order valence-electron chi connectivity index (χ2n) is 3.23. The molecular formula is C13H12N2O. The first-order valence-electron chi connectivity index (χ1n) is 4.96. The molecule has 0 aromatic heterocycles. The molecule has 0 bridgehead atoms. The van der Waals surface area contributed by atoms with Gasteiger partial charge in [0.2, 0.25) is 5.91 Å². The number of nitrogens with one attached hydrogen (secondary N) is 1. The number of rotatable bonds is 2. The molecule has 1 aromatic carbocycles. The number of carbonyl (C=O) groups excluding carboxylic acids is 1. The van der Waals surface area contributed by atoms with Gasteiger partial charge in [0, 0.05) is 25.5 Å². The molecule has 0 saturated carbocycles. The third kappa shape index (κ3) is 4.30. The van der Waals surface area contributed by atoms with Gasteiger partial charge in [-0.3, -0.25) is 4.79 Å². The van der Waals surface area contributed by atoms with Crippen LogP contribution < -0.4 is 5.32 Å². The first-order valence-corrected chi connectivity index (χ1v) is 4.96. The van der Waals surface area contributed by atoms with Crippen molar-refractivity contribution >= 4 is 5.91 Å². The van der Waals surface area contributed by atoms with Gasteiger partial charge in [0.1, 0.15) is 0 Å². The van der Waals surface area contributed by atoms with Crippen molar-refractivity contribution in [1.82, 2.24) is 5.32 Å². The topological polar surface area (TPSA) is 52.9 Å². The van der Waals surface area contributed by atoms with Gasteiger partial charge < -0.3 is 5.32 Å². The Hall–Kier alpha value is -2.26. The zero-order chi connectivity index (χ0) is 11.8. The Morgan fingerprint density at radius 3 is 2.88 bits per heavy atom. The fraction of sp³-hybridized carbons (Fsp3) is 0.231. The van der Waals surface area contributed by atoms with Crippen molar-refractivity contribution in [1.29, 1.82) is 5.26 Å². The van der Waals surface area contributed by atoms with E-state index in [1.165, 1.54) is 6.92 Å². The number of hydrogen-bond acceptors (Lipinski definition) is 2. The number of nitriles is 1. The van der Waals surface area contributed by atoms with Gasteiger partial charge in [-0.25, -0.2) is 0 Å². The number of nitrogens with zero attached hydrogens (tertiary/aromatic N) is 1. The Morgan fingerprint density at radius 2 is 2.19 bits per heavy atom. The van der Waals surface area contributed by atoms with Crippen molar-refractivity contribution in [3.8, 4) is 17.9 Å². The summed E-state index contributed by atoms with van der Waals surface area (Å²) in [6, 6.07) is 9.19. The lowest BCUT2D eigenvalue weighted by Gasteiger charge is -1.94. The van der Waals surface area contributed by atoms with Crippen LogP contribution in [-0.4, -0.2) is 12.5 Å². The minimum Gasteiger partial charge on any atom is -0.355 e. The zero-order valence-electron chi connectivity index (χ0n) is 9.08. The summed E-state index contributed by atoms with van der Waals surface area (Å²) in [6.45, 7) is 2.03. The highest BCUT2D eigenvalue weighted by Crippen LogP contribution is 2.01. The van der Waals surface area contributed by atoms with Crippen LogP contribution in [0.1, 0.15) is 24.5 Å². The maximum Gasteiger partial charge on any atom is 0.216 e. The van der Waals surface area contributed by atoms with E-state index in [-0.39, 0.29) is 5.91 Å². The van der Waals surface area contributed by atoms with Crippen molar-refractivity contribution in [2.45, 2.75) is 13.3 Å². The lowest BCUT2D eigenvalue weighted by molar-refractivity contribution is -0.118. The van der Waals surface area contributed by atoms with Crippen molar-refractivity contribution in [3.63, 3.8) is 0 Å². The normalized spacial score (nSPS) is 8.50. The van der Waals surface area contributed by atoms with Gasteiger partial charge in [-0.05, 0) is 18.2 Å². The quantitative estimate of drug-likeness (QED) is 0.595. The van der Waals surface area contributed by atoms with E-state index in [1.54, 1.807) is 18.2 Å². The SMILES string of the molecule is CC(=O)NCCC#Cc1cccc(C#N)c1. The zero-order valence-corrected chi connectivity index (χ0v) is 9.08. The summed E-state index contributed by atoms with van der Waals surface area (Å²) in [5.41, 5.74) is 1.43. The van der Waals surface area contributed by atoms with Crippen LogP contribution in [0.5, 0.6) is 0 Å². The summed E-state index contributed by atoms with van der Waals surface area (Å²) in [7, 11) is 0. The average molecular weight is 212 g/mol. The van der Waals surface area contributed by atoms with E-state index in [0.29, 0.717) is 18.5 Å². The van der Waals surface area contributed by atoms with Gasteiger partial charge in [0.15, 0.2) is 0 Å². The molecule has 0 aliphatic rings. The molecule has 3 nitrogen and oxygen atoms in total. The van der Waals surface area contributed by atoms with E-state index < -0.39 is 0 Å². The molecule has 1 aromatic rings. The molecule has 0 atom stereocenters. The van der Waals surface area contributed by atoms with Gasteiger partial charge in [0.25, 0.3) is 0 Å². The van der Waals surface area contributed by atoms with Crippen molar-refractivity contribution in [2.75, 3.05) is 6.54 Å². The highest BCUT2D eigenvalue weighted by atomic mass is 16.1. The van der Waals surface area contributed by atoms with Crippen LogP contribution in [0.15, 0.2) is 24.3 Å². The van der Waals surface area contributed by atoms with E-state index in [9.17, 15) is 4.79 Å². The molecule has 1 rings (SSSR count). The van der Waals surface area contributed by atoms with E-state index in [4.69, 9.17) is 5.26 Å². The number of hydrogen-bond donors (Lipinski definition) is 1. The smallest absolute Gasteiger partial charge is 0.216 e. The molecule has 0 fully saturated rings. The molecule has 0 unspecified atom stereocenters. The average Bonchev–Trinajstić information content (AvgIpc) is 2.28. The third-order valence-electron chi connectivity index (χ3n) is 1.85.